The molecule has 82 heavy (non-hydrogen) atoms. The lowest BCUT2D eigenvalue weighted by atomic mass is 10.0. The molecule has 0 saturated carbocycles. The molecule has 478 valence electrons. The van der Waals surface area contributed by atoms with Crippen molar-refractivity contribution in [1.82, 2.24) is 0 Å². The Hall–Kier alpha value is -2.89. The lowest BCUT2D eigenvalue weighted by Crippen LogP contribution is -2.30. The topological polar surface area (TPSA) is 78.9 Å². The number of rotatable bonds is 67. The maximum absolute atomic E-state index is 13.0. The minimum Gasteiger partial charge on any atom is -0.462 e. The van der Waals surface area contributed by atoms with Crippen molar-refractivity contribution in [2.24, 2.45) is 0 Å². The summed E-state index contributed by atoms with van der Waals surface area (Å²) in [5.74, 6) is -0.870. The Morgan fingerprint density at radius 1 is 0.244 bits per heavy atom. The standard InChI is InChI=1S/C76H138O6/c1-4-7-10-13-16-19-22-25-28-30-32-34-36-37-38-39-41-42-44-46-48-51-54-57-60-63-66-69-75(78)81-72-73(71-80-74(77)68-65-62-59-56-53-50-27-24-21-18-15-12-9-6-3)82-76(79)70-67-64-61-58-55-52-49-47-45-43-40-35-33-31-29-26-23-20-17-14-11-8-5-2/h23-24,26-27,30-33,40,43,73H,4-22,25,28-29,34-39,41-42,44-72H2,1-3H3/b26-23-,27-24-,32-30-,33-31-,43-40-. The first-order chi connectivity index (χ1) is 40.5. The molecule has 0 heterocycles. The Balaban J connectivity index is 4.27. The summed E-state index contributed by atoms with van der Waals surface area (Å²) in [6.45, 7) is 6.67. The number of ether oxygens (including phenoxy) is 3. The van der Waals surface area contributed by atoms with Gasteiger partial charge < -0.3 is 14.2 Å². The molecule has 0 aliphatic heterocycles. The zero-order valence-corrected chi connectivity index (χ0v) is 55.0. The molecule has 1 atom stereocenters. The van der Waals surface area contributed by atoms with Gasteiger partial charge in [-0.3, -0.25) is 14.4 Å². The van der Waals surface area contributed by atoms with Crippen LogP contribution in [-0.4, -0.2) is 37.2 Å². The van der Waals surface area contributed by atoms with Gasteiger partial charge in [-0.05, 0) is 109 Å². The van der Waals surface area contributed by atoms with Crippen molar-refractivity contribution in [3.8, 4) is 0 Å². The fraction of sp³-hybridized carbons (Fsp3) is 0.829. The van der Waals surface area contributed by atoms with E-state index in [1.807, 2.05) is 0 Å². The molecule has 0 aliphatic carbocycles. The largest absolute Gasteiger partial charge is 0.462 e. The smallest absolute Gasteiger partial charge is 0.306 e. The highest BCUT2D eigenvalue weighted by atomic mass is 16.6. The second kappa shape index (κ2) is 70.6. The van der Waals surface area contributed by atoms with Gasteiger partial charge >= 0.3 is 17.9 Å². The molecule has 0 N–H and O–H groups in total. The summed E-state index contributed by atoms with van der Waals surface area (Å²) in [4.78, 5) is 38.5. The van der Waals surface area contributed by atoms with E-state index in [2.05, 4.69) is 81.5 Å². The molecule has 6 nitrogen and oxygen atoms in total. The molecule has 0 aliphatic rings. The minimum atomic E-state index is -0.783. The number of esters is 3. The average molecular weight is 1150 g/mol. The van der Waals surface area contributed by atoms with E-state index in [1.165, 1.54) is 263 Å². The summed E-state index contributed by atoms with van der Waals surface area (Å²) in [6.07, 6.45) is 91.1. The monoisotopic (exact) mass is 1150 g/mol. The van der Waals surface area contributed by atoms with Crippen LogP contribution in [0.2, 0.25) is 0 Å². The molecule has 0 amide bonds. The Morgan fingerprint density at radius 3 is 0.695 bits per heavy atom. The normalized spacial score (nSPS) is 12.4. The molecule has 0 spiro atoms. The van der Waals surface area contributed by atoms with Gasteiger partial charge in [-0.15, -0.1) is 0 Å². The van der Waals surface area contributed by atoms with Crippen molar-refractivity contribution < 1.29 is 28.6 Å². The zero-order valence-electron chi connectivity index (χ0n) is 55.0. The van der Waals surface area contributed by atoms with Crippen LogP contribution < -0.4 is 0 Å². The highest BCUT2D eigenvalue weighted by Crippen LogP contribution is 2.18. The first-order valence-electron chi connectivity index (χ1n) is 36.3. The van der Waals surface area contributed by atoms with Crippen LogP contribution in [0.3, 0.4) is 0 Å². The molecule has 0 bridgehead atoms. The molecule has 0 aromatic heterocycles. The molecule has 0 rings (SSSR count). The van der Waals surface area contributed by atoms with E-state index >= 15 is 0 Å². The fourth-order valence-electron chi connectivity index (χ4n) is 10.7. The summed E-state index contributed by atoms with van der Waals surface area (Å²) in [6, 6.07) is 0. The van der Waals surface area contributed by atoms with Crippen molar-refractivity contribution in [1.29, 1.82) is 0 Å². The number of carbonyl (C=O) groups excluding carboxylic acids is 3. The number of carbonyl (C=O) groups is 3. The van der Waals surface area contributed by atoms with Gasteiger partial charge in [0.15, 0.2) is 6.10 Å². The van der Waals surface area contributed by atoms with E-state index in [-0.39, 0.29) is 31.1 Å². The maximum atomic E-state index is 13.0. The van der Waals surface area contributed by atoms with Crippen LogP contribution >= 0.6 is 0 Å². The van der Waals surface area contributed by atoms with Gasteiger partial charge in [-0.25, -0.2) is 0 Å². The second-order valence-corrected chi connectivity index (χ2v) is 24.5. The van der Waals surface area contributed by atoms with E-state index in [4.69, 9.17) is 14.2 Å². The molecule has 0 radical (unpaired) electrons. The molecule has 0 aromatic carbocycles. The van der Waals surface area contributed by atoms with Crippen LogP contribution in [0.1, 0.15) is 387 Å². The molecule has 0 saturated heterocycles. The van der Waals surface area contributed by atoms with Gasteiger partial charge in [0.25, 0.3) is 0 Å². The van der Waals surface area contributed by atoms with Crippen LogP contribution in [-0.2, 0) is 28.6 Å². The summed E-state index contributed by atoms with van der Waals surface area (Å²) in [7, 11) is 0. The van der Waals surface area contributed by atoms with E-state index in [9.17, 15) is 14.4 Å². The SMILES string of the molecule is CCCCCCC/C=C\C/C=C\C/C=C\CCCCCCCCCCC(=O)OC(COC(=O)CCCCCCC/C=C\CCCCCCC)COC(=O)CCCCCCCCCCCCCCCCC/C=C\CCCCCCCCCC. The quantitative estimate of drug-likeness (QED) is 0.0261. The Kier molecular flexibility index (Phi) is 68.1. The van der Waals surface area contributed by atoms with Crippen LogP contribution in [0.15, 0.2) is 60.8 Å². The number of allylic oxidation sites excluding steroid dienone is 10. The third-order valence-corrected chi connectivity index (χ3v) is 16.2. The zero-order chi connectivity index (χ0) is 59.2. The van der Waals surface area contributed by atoms with Gasteiger partial charge in [-0.2, -0.15) is 0 Å². The molecular formula is C76H138O6. The van der Waals surface area contributed by atoms with Gasteiger partial charge in [-0.1, -0.05) is 319 Å². The van der Waals surface area contributed by atoms with E-state index < -0.39 is 6.10 Å². The van der Waals surface area contributed by atoms with E-state index in [0.717, 1.165) is 83.5 Å². The van der Waals surface area contributed by atoms with Gasteiger partial charge in [0, 0.05) is 19.3 Å². The van der Waals surface area contributed by atoms with Crippen LogP contribution in [0.4, 0.5) is 0 Å². The van der Waals surface area contributed by atoms with E-state index in [0.29, 0.717) is 19.3 Å². The number of unbranched alkanes of at least 4 members (excludes halogenated alkanes) is 46. The van der Waals surface area contributed by atoms with Gasteiger partial charge in [0.2, 0.25) is 0 Å². The van der Waals surface area contributed by atoms with Crippen molar-refractivity contribution in [2.75, 3.05) is 13.2 Å². The lowest BCUT2D eigenvalue weighted by Gasteiger charge is -2.18. The Bertz CT molecular complexity index is 1460. The average Bonchev–Trinajstić information content (AvgIpc) is 3.47. The molecule has 1 unspecified atom stereocenters. The third-order valence-electron chi connectivity index (χ3n) is 16.2. The van der Waals surface area contributed by atoms with Crippen LogP contribution in [0, 0.1) is 0 Å². The first-order valence-corrected chi connectivity index (χ1v) is 36.3. The van der Waals surface area contributed by atoms with Gasteiger partial charge in [0.05, 0.1) is 0 Å². The Labute approximate surface area is 510 Å². The van der Waals surface area contributed by atoms with Crippen molar-refractivity contribution in [3.05, 3.63) is 60.8 Å². The van der Waals surface area contributed by atoms with Gasteiger partial charge in [0.1, 0.15) is 13.2 Å². The molecule has 6 heteroatoms. The fourth-order valence-corrected chi connectivity index (χ4v) is 10.7. The molecule has 0 aromatic rings. The van der Waals surface area contributed by atoms with Crippen molar-refractivity contribution >= 4 is 17.9 Å². The van der Waals surface area contributed by atoms with Crippen molar-refractivity contribution in [2.45, 2.75) is 393 Å². The minimum absolute atomic E-state index is 0.0768. The van der Waals surface area contributed by atoms with Crippen LogP contribution in [0.5, 0.6) is 0 Å². The second-order valence-electron chi connectivity index (χ2n) is 24.5. The summed E-state index contributed by atoms with van der Waals surface area (Å²) >= 11 is 0. The summed E-state index contributed by atoms with van der Waals surface area (Å²) < 4.78 is 17.0. The number of hydrogen-bond donors (Lipinski definition) is 0. The maximum Gasteiger partial charge on any atom is 0.306 e. The summed E-state index contributed by atoms with van der Waals surface area (Å²) in [5, 5.41) is 0. The predicted octanol–water partition coefficient (Wildman–Crippen LogP) is 25.1. The lowest BCUT2D eigenvalue weighted by molar-refractivity contribution is -0.167. The number of hydrogen-bond acceptors (Lipinski definition) is 6. The highest BCUT2D eigenvalue weighted by molar-refractivity contribution is 5.71. The molecular weight excluding hydrogens is 1010 g/mol. The molecule has 0 fully saturated rings. The summed E-state index contributed by atoms with van der Waals surface area (Å²) in [5.41, 5.74) is 0. The van der Waals surface area contributed by atoms with E-state index in [1.54, 1.807) is 0 Å². The third kappa shape index (κ3) is 67.9. The predicted molar refractivity (Wildman–Crippen MR) is 358 cm³/mol. The van der Waals surface area contributed by atoms with Crippen molar-refractivity contribution in [3.63, 3.8) is 0 Å². The highest BCUT2D eigenvalue weighted by Gasteiger charge is 2.19. The Morgan fingerprint density at radius 2 is 0.439 bits per heavy atom. The first kappa shape index (κ1) is 79.1. The van der Waals surface area contributed by atoms with Crippen LogP contribution in [0.25, 0.3) is 0 Å².